The van der Waals surface area contributed by atoms with Crippen LogP contribution in [-0.4, -0.2) is 34.3 Å². The molecule has 2 aliphatic heterocycles. The van der Waals surface area contributed by atoms with Gasteiger partial charge in [0.25, 0.3) is 5.91 Å². The van der Waals surface area contributed by atoms with Crippen molar-refractivity contribution in [3.8, 4) is 0 Å². The van der Waals surface area contributed by atoms with Crippen molar-refractivity contribution in [2.24, 2.45) is 5.92 Å². The van der Waals surface area contributed by atoms with Crippen molar-refractivity contribution in [3.63, 3.8) is 0 Å². The standard InChI is InChI=1S/C15H16N2O4S/c1-9(13(19)20)8-16-14(21)15-7-6-12(18)17(15)10-4-2-3-5-11(10)22-15/h2-5,9H,6-8H2,1H3,(H,16,21)(H,19,20). The summed E-state index contributed by atoms with van der Waals surface area (Å²) in [6, 6.07) is 7.43. The van der Waals surface area contributed by atoms with Gasteiger partial charge in [0.15, 0.2) is 4.87 Å². The molecule has 1 saturated heterocycles. The largest absolute Gasteiger partial charge is 0.481 e. The van der Waals surface area contributed by atoms with Crippen molar-refractivity contribution in [2.75, 3.05) is 11.4 Å². The summed E-state index contributed by atoms with van der Waals surface area (Å²) in [5.74, 6) is -1.99. The van der Waals surface area contributed by atoms with Gasteiger partial charge in [0, 0.05) is 17.9 Å². The molecule has 0 bridgehead atoms. The van der Waals surface area contributed by atoms with E-state index in [0.717, 1.165) is 10.6 Å². The van der Waals surface area contributed by atoms with Gasteiger partial charge in [-0.3, -0.25) is 19.3 Å². The van der Waals surface area contributed by atoms with Crippen LogP contribution in [-0.2, 0) is 14.4 Å². The summed E-state index contributed by atoms with van der Waals surface area (Å²) >= 11 is 1.37. The minimum atomic E-state index is -0.973. The van der Waals surface area contributed by atoms with Gasteiger partial charge in [-0.05, 0) is 18.6 Å². The fraction of sp³-hybridized carbons (Fsp3) is 0.400. The van der Waals surface area contributed by atoms with Gasteiger partial charge in [-0.15, -0.1) is 0 Å². The van der Waals surface area contributed by atoms with Crippen LogP contribution in [0.2, 0.25) is 0 Å². The maximum absolute atomic E-state index is 12.7. The number of hydrogen-bond acceptors (Lipinski definition) is 4. The number of carbonyl (C=O) groups excluding carboxylic acids is 2. The number of nitrogens with zero attached hydrogens (tertiary/aromatic N) is 1. The van der Waals surface area contributed by atoms with Crippen LogP contribution < -0.4 is 10.2 Å². The highest BCUT2D eigenvalue weighted by Crippen LogP contribution is 2.55. The summed E-state index contributed by atoms with van der Waals surface area (Å²) in [4.78, 5) is 37.2. The smallest absolute Gasteiger partial charge is 0.308 e. The Morgan fingerprint density at radius 1 is 1.45 bits per heavy atom. The Morgan fingerprint density at radius 3 is 2.91 bits per heavy atom. The van der Waals surface area contributed by atoms with E-state index >= 15 is 0 Å². The van der Waals surface area contributed by atoms with Gasteiger partial charge in [0.05, 0.1) is 11.6 Å². The van der Waals surface area contributed by atoms with Crippen molar-refractivity contribution >= 4 is 35.2 Å². The summed E-state index contributed by atoms with van der Waals surface area (Å²) in [6.45, 7) is 1.59. The zero-order valence-electron chi connectivity index (χ0n) is 12.0. The number of nitrogens with one attached hydrogen (secondary N) is 1. The highest BCUT2D eigenvalue weighted by atomic mass is 32.2. The second-order valence-corrected chi connectivity index (χ2v) is 6.85. The Bertz CT molecular complexity index is 663. The number of hydrogen-bond donors (Lipinski definition) is 2. The molecule has 0 aliphatic carbocycles. The van der Waals surface area contributed by atoms with E-state index in [2.05, 4.69) is 5.32 Å². The first kappa shape index (κ1) is 14.9. The summed E-state index contributed by atoms with van der Waals surface area (Å²) in [6.07, 6.45) is 0.752. The molecule has 0 spiro atoms. The topological polar surface area (TPSA) is 86.7 Å². The Balaban J connectivity index is 1.85. The van der Waals surface area contributed by atoms with Crippen LogP contribution in [0, 0.1) is 5.92 Å². The third-order valence-corrected chi connectivity index (χ3v) is 5.49. The number of fused-ring (bicyclic) bond motifs is 3. The number of rotatable bonds is 4. The number of carboxylic acid groups (broad SMARTS) is 1. The number of thioether (sulfide) groups is 1. The molecule has 2 atom stereocenters. The van der Waals surface area contributed by atoms with E-state index < -0.39 is 16.8 Å². The first-order chi connectivity index (χ1) is 10.5. The van der Waals surface area contributed by atoms with Crippen LogP contribution in [0.25, 0.3) is 0 Å². The number of carboxylic acids is 1. The Kier molecular flexibility index (Phi) is 3.60. The first-order valence-electron chi connectivity index (χ1n) is 7.08. The molecule has 3 rings (SSSR count). The zero-order chi connectivity index (χ0) is 15.9. The summed E-state index contributed by atoms with van der Waals surface area (Å²) in [5, 5.41) is 11.6. The van der Waals surface area contributed by atoms with Crippen LogP contribution in [0.3, 0.4) is 0 Å². The number of anilines is 1. The highest BCUT2D eigenvalue weighted by molar-refractivity contribution is 8.02. The molecule has 116 valence electrons. The average Bonchev–Trinajstić information content (AvgIpc) is 3.00. The van der Waals surface area contributed by atoms with Gasteiger partial charge < -0.3 is 10.4 Å². The monoisotopic (exact) mass is 320 g/mol. The fourth-order valence-electron chi connectivity index (χ4n) is 2.77. The van der Waals surface area contributed by atoms with Crippen LogP contribution in [0.15, 0.2) is 29.2 Å². The lowest BCUT2D eigenvalue weighted by molar-refractivity contribution is -0.141. The maximum Gasteiger partial charge on any atom is 0.308 e. The Hall–Kier alpha value is -2.02. The molecule has 2 heterocycles. The number of carbonyl (C=O) groups is 3. The molecule has 0 saturated carbocycles. The minimum absolute atomic E-state index is 0.0504. The predicted molar refractivity (Wildman–Crippen MR) is 81.6 cm³/mol. The molecule has 6 nitrogen and oxygen atoms in total. The Labute approximate surface area is 131 Å². The lowest BCUT2D eigenvalue weighted by Crippen LogP contribution is -2.53. The van der Waals surface area contributed by atoms with Crippen molar-refractivity contribution in [3.05, 3.63) is 24.3 Å². The summed E-state index contributed by atoms with van der Waals surface area (Å²) < 4.78 is 0. The van der Waals surface area contributed by atoms with Crippen molar-refractivity contribution in [1.82, 2.24) is 5.32 Å². The predicted octanol–water partition coefficient (Wildman–Crippen LogP) is 1.45. The van der Waals surface area contributed by atoms with E-state index in [9.17, 15) is 14.4 Å². The van der Waals surface area contributed by atoms with E-state index in [1.807, 2.05) is 24.3 Å². The molecule has 2 aliphatic rings. The van der Waals surface area contributed by atoms with Crippen LogP contribution >= 0.6 is 11.8 Å². The quantitative estimate of drug-likeness (QED) is 0.877. The SMILES string of the molecule is CC(CNC(=O)C12CCC(=O)N1c1ccccc1S2)C(=O)O. The molecule has 2 amide bonds. The fourth-order valence-corrected chi connectivity index (χ4v) is 4.20. The molecule has 1 aromatic rings. The molecule has 22 heavy (non-hydrogen) atoms. The molecule has 0 radical (unpaired) electrons. The molecule has 1 fully saturated rings. The van der Waals surface area contributed by atoms with Crippen LogP contribution in [0.5, 0.6) is 0 Å². The molecule has 7 heteroatoms. The number of amides is 2. The van der Waals surface area contributed by atoms with Gasteiger partial charge in [-0.2, -0.15) is 0 Å². The molecule has 1 aromatic carbocycles. The maximum atomic E-state index is 12.7. The molecular weight excluding hydrogens is 304 g/mol. The lowest BCUT2D eigenvalue weighted by Gasteiger charge is -2.29. The van der Waals surface area contributed by atoms with E-state index in [1.54, 1.807) is 4.90 Å². The normalized spacial score (nSPS) is 23.9. The third kappa shape index (κ3) is 2.16. The summed E-state index contributed by atoms with van der Waals surface area (Å²) in [5.41, 5.74) is 0.761. The van der Waals surface area contributed by atoms with Crippen molar-refractivity contribution in [1.29, 1.82) is 0 Å². The number of aliphatic carboxylic acids is 1. The van der Waals surface area contributed by atoms with Crippen LogP contribution in [0.1, 0.15) is 19.8 Å². The van der Waals surface area contributed by atoms with E-state index in [1.165, 1.54) is 18.7 Å². The van der Waals surface area contributed by atoms with Gasteiger partial charge in [-0.1, -0.05) is 30.8 Å². The molecule has 2 unspecified atom stereocenters. The Morgan fingerprint density at radius 2 is 2.18 bits per heavy atom. The minimum Gasteiger partial charge on any atom is -0.481 e. The number of para-hydroxylation sites is 1. The molecule has 2 N–H and O–H groups in total. The zero-order valence-corrected chi connectivity index (χ0v) is 12.9. The average molecular weight is 320 g/mol. The van der Waals surface area contributed by atoms with Gasteiger partial charge in [-0.25, -0.2) is 0 Å². The van der Waals surface area contributed by atoms with Gasteiger partial charge >= 0.3 is 5.97 Å². The van der Waals surface area contributed by atoms with Gasteiger partial charge in [0.1, 0.15) is 0 Å². The van der Waals surface area contributed by atoms with E-state index in [4.69, 9.17) is 5.11 Å². The van der Waals surface area contributed by atoms with Crippen LogP contribution in [0.4, 0.5) is 5.69 Å². The van der Waals surface area contributed by atoms with Crippen molar-refractivity contribution in [2.45, 2.75) is 29.5 Å². The first-order valence-corrected chi connectivity index (χ1v) is 7.89. The second-order valence-electron chi connectivity index (χ2n) is 5.53. The summed E-state index contributed by atoms with van der Waals surface area (Å²) in [7, 11) is 0. The highest BCUT2D eigenvalue weighted by Gasteiger charge is 2.57. The van der Waals surface area contributed by atoms with Gasteiger partial charge in [0.2, 0.25) is 5.91 Å². The number of benzene rings is 1. The van der Waals surface area contributed by atoms with E-state index in [-0.39, 0.29) is 18.4 Å². The lowest BCUT2D eigenvalue weighted by atomic mass is 10.1. The molecular formula is C15H16N2O4S. The second kappa shape index (κ2) is 5.31. The van der Waals surface area contributed by atoms with E-state index in [0.29, 0.717) is 12.8 Å². The third-order valence-electron chi connectivity index (χ3n) is 4.02. The molecule has 0 aromatic heterocycles. The van der Waals surface area contributed by atoms with Crippen molar-refractivity contribution < 1.29 is 19.5 Å².